The summed E-state index contributed by atoms with van der Waals surface area (Å²) in [6, 6.07) is 8.83. The van der Waals surface area contributed by atoms with Gasteiger partial charge in [0.05, 0.1) is 6.04 Å². The van der Waals surface area contributed by atoms with Crippen LogP contribution in [0.25, 0.3) is 0 Å². The summed E-state index contributed by atoms with van der Waals surface area (Å²) >= 11 is 1.73. The first-order chi connectivity index (χ1) is 12.2. The third-order valence-corrected chi connectivity index (χ3v) is 5.51. The number of thiophene rings is 1. The topological polar surface area (TPSA) is 58.2 Å². The molecule has 0 aliphatic heterocycles. The van der Waals surface area contributed by atoms with Crippen molar-refractivity contribution in [2.24, 2.45) is 5.92 Å². The van der Waals surface area contributed by atoms with E-state index < -0.39 is 6.04 Å². The lowest BCUT2D eigenvalue weighted by Crippen LogP contribution is -2.50. The molecular formula is C21H28N2O2S. The minimum absolute atomic E-state index is 0.0134. The van der Waals surface area contributed by atoms with Crippen molar-refractivity contribution in [1.29, 1.82) is 0 Å². The highest BCUT2D eigenvalue weighted by atomic mass is 32.1. The molecule has 140 valence electrons. The second-order valence-corrected chi connectivity index (χ2v) is 8.57. The van der Waals surface area contributed by atoms with Crippen LogP contribution >= 0.6 is 11.3 Å². The van der Waals surface area contributed by atoms with E-state index in [4.69, 9.17) is 0 Å². The third kappa shape index (κ3) is 4.73. The van der Waals surface area contributed by atoms with Crippen LogP contribution < -0.4 is 10.6 Å². The summed E-state index contributed by atoms with van der Waals surface area (Å²) in [5.41, 5.74) is 2.63. The van der Waals surface area contributed by atoms with Gasteiger partial charge in [0.15, 0.2) is 0 Å². The predicted molar refractivity (Wildman–Crippen MR) is 108 cm³/mol. The maximum absolute atomic E-state index is 12.8. The van der Waals surface area contributed by atoms with Crippen molar-refractivity contribution >= 4 is 23.2 Å². The molecule has 2 atom stereocenters. The maximum Gasteiger partial charge on any atom is 0.252 e. The van der Waals surface area contributed by atoms with Gasteiger partial charge in [-0.1, -0.05) is 32.0 Å². The molecule has 2 N–H and O–H groups in total. The summed E-state index contributed by atoms with van der Waals surface area (Å²) in [6.45, 7) is 11.9. The number of hydrogen-bond donors (Lipinski definition) is 2. The number of rotatable bonds is 6. The van der Waals surface area contributed by atoms with Crippen LogP contribution in [0.4, 0.5) is 0 Å². The van der Waals surface area contributed by atoms with Crippen molar-refractivity contribution in [3.63, 3.8) is 0 Å². The Kier molecular flexibility index (Phi) is 6.59. The molecule has 1 aromatic carbocycles. The molecule has 0 aliphatic rings. The Bertz CT molecular complexity index is 795. The van der Waals surface area contributed by atoms with Crippen LogP contribution in [0.3, 0.4) is 0 Å². The van der Waals surface area contributed by atoms with Crippen LogP contribution in [-0.2, 0) is 4.79 Å². The quantitative estimate of drug-likeness (QED) is 0.794. The molecule has 0 aliphatic carbocycles. The van der Waals surface area contributed by atoms with E-state index in [1.165, 1.54) is 9.75 Å². The average molecular weight is 373 g/mol. The molecule has 0 spiro atoms. The van der Waals surface area contributed by atoms with Crippen molar-refractivity contribution < 1.29 is 9.59 Å². The normalized spacial score (nSPS) is 13.3. The molecule has 0 fully saturated rings. The van der Waals surface area contributed by atoms with Crippen molar-refractivity contribution in [1.82, 2.24) is 10.6 Å². The predicted octanol–water partition coefficient (Wildman–Crippen LogP) is 4.31. The Morgan fingerprint density at radius 2 is 1.65 bits per heavy atom. The van der Waals surface area contributed by atoms with Gasteiger partial charge in [-0.2, -0.15) is 0 Å². The van der Waals surface area contributed by atoms with Gasteiger partial charge in [-0.25, -0.2) is 0 Å². The first-order valence-corrected chi connectivity index (χ1v) is 9.76. The second-order valence-electron chi connectivity index (χ2n) is 7.11. The molecule has 2 aromatic rings. The fourth-order valence-corrected chi connectivity index (χ4v) is 4.07. The van der Waals surface area contributed by atoms with Crippen molar-refractivity contribution in [3.05, 3.63) is 56.8 Å². The molecule has 0 unspecified atom stereocenters. The Morgan fingerprint density at radius 3 is 2.19 bits per heavy atom. The second kappa shape index (κ2) is 8.49. The number of aryl methyl sites for hydroxylation is 3. The van der Waals surface area contributed by atoms with E-state index in [1.54, 1.807) is 17.4 Å². The number of hydrogen-bond acceptors (Lipinski definition) is 3. The van der Waals surface area contributed by atoms with Gasteiger partial charge in [0.2, 0.25) is 5.91 Å². The summed E-state index contributed by atoms with van der Waals surface area (Å²) < 4.78 is 0. The van der Waals surface area contributed by atoms with E-state index in [2.05, 4.69) is 30.5 Å². The Morgan fingerprint density at radius 1 is 1.00 bits per heavy atom. The SMILES string of the molecule is Cc1cc([C@@H](C)NC(=O)[C@H](NC(=O)c2ccccc2C)C(C)C)c(C)s1. The van der Waals surface area contributed by atoms with E-state index in [0.29, 0.717) is 5.56 Å². The van der Waals surface area contributed by atoms with E-state index in [9.17, 15) is 9.59 Å². The van der Waals surface area contributed by atoms with Gasteiger partial charge in [-0.05, 0) is 56.9 Å². The van der Waals surface area contributed by atoms with Crippen LogP contribution in [0.1, 0.15) is 58.1 Å². The molecule has 0 saturated carbocycles. The molecule has 1 heterocycles. The molecule has 1 aromatic heterocycles. The first kappa shape index (κ1) is 20.2. The Balaban J connectivity index is 2.11. The standard InChI is InChI=1S/C21H28N2O2S/c1-12(2)19(23-20(24)17-10-8-7-9-13(17)3)21(25)22-15(5)18-11-14(4)26-16(18)6/h7-12,15,19H,1-6H3,(H,22,25)(H,23,24)/t15-,19-/m1/s1. The van der Waals surface area contributed by atoms with Gasteiger partial charge < -0.3 is 10.6 Å². The fourth-order valence-electron chi connectivity index (χ4n) is 3.04. The summed E-state index contributed by atoms with van der Waals surface area (Å²) in [4.78, 5) is 27.9. The number of nitrogens with one attached hydrogen (secondary N) is 2. The van der Waals surface area contributed by atoms with Crippen LogP contribution in [-0.4, -0.2) is 17.9 Å². The highest BCUT2D eigenvalue weighted by molar-refractivity contribution is 7.12. The van der Waals surface area contributed by atoms with Gasteiger partial charge >= 0.3 is 0 Å². The van der Waals surface area contributed by atoms with Gasteiger partial charge in [-0.15, -0.1) is 11.3 Å². The molecule has 2 amide bonds. The highest BCUT2D eigenvalue weighted by Crippen LogP contribution is 2.26. The van der Waals surface area contributed by atoms with Crippen LogP contribution in [0.2, 0.25) is 0 Å². The fraction of sp³-hybridized carbons (Fsp3) is 0.429. The summed E-state index contributed by atoms with van der Waals surface area (Å²) in [5, 5.41) is 5.96. The Labute approximate surface area is 160 Å². The van der Waals surface area contributed by atoms with Gasteiger partial charge in [0.1, 0.15) is 6.04 Å². The zero-order chi connectivity index (χ0) is 19.4. The number of benzene rings is 1. The van der Waals surface area contributed by atoms with E-state index in [0.717, 1.165) is 11.1 Å². The lowest BCUT2D eigenvalue weighted by Gasteiger charge is -2.24. The molecule has 4 nitrogen and oxygen atoms in total. The minimum atomic E-state index is -0.579. The zero-order valence-electron chi connectivity index (χ0n) is 16.3. The smallest absolute Gasteiger partial charge is 0.252 e. The molecule has 26 heavy (non-hydrogen) atoms. The van der Waals surface area contributed by atoms with Crippen molar-refractivity contribution in [2.75, 3.05) is 0 Å². The summed E-state index contributed by atoms with van der Waals surface area (Å²) in [7, 11) is 0. The molecular weight excluding hydrogens is 344 g/mol. The Hall–Kier alpha value is -2.14. The molecule has 0 radical (unpaired) electrons. The third-order valence-electron chi connectivity index (χ3n) is 4.53. The van der Waals surface area contributed by atoms with Crippen LogP contribution in [0.5, 0.6) is 0 Å². The lowest BCUT2D eigenvalue weighted by atomic mass is 10.0. The van der Waals surface area contributed by atoms with E-state index in [1.807, 2.05) is 45.9 Å². The first-order valence-electron chi connectivity index (χ1n) is 8.94. The van der Waals surface area contributed by atoms with Crippen LogP contribution in [0.15, 0.2) is 30.3 Å². The lowest BCUT2D eigenvalue weighted by molar-refractivity contribution is -0.124. The number of carbonyl (C=O) groups is 2. The molecule has 5 heteroatoms. The maximum atomic E-state index is 12.8. The number of amides is 2. The van der Waals surface area contributed by atoms with Crippen LogP contribution in [0, 0.1) is 26.7 Å². The van der Waals surface area contributed by atoms with Gasteiger partial charge in [0.25, 0.3) is 5.91 Å². The summed E-state index contributed by atoms with van der Waals surface area (Å²) in [6.07, 6.45) is 0. The van der Waals surface area contributed by atoms with Crippen molar-refractivity contribution in [2.45, 2.75) is 53.6 Å². The largest absolute Gasteiger partial charge is 0.348 e. The molecule has 2 rings (SSSR count). The molecule has 0 bridgehead atoms. The minimum Gasteiger partial charge on any atom is -0.348 e. The van der Waals surface area contributed by atoms with Crippen molar-refractivity contribution in [3.8, 4) is 0 Å². The zero-order valence-corrected chi connectivity index (χ0v) is 17.2. The number of carbonyl (C=O) groups excluding carboxylic acids is 2. The van der Waals surface area contributed by atoms with E-state index in [-0.39, 0.29) is 23.8 Å². The molecule has 0 saturated heterocycles. The highest BCUT2D eigenvalue weighted by Gasteiger charge is 2.27. The summed E-state index contributed by atoms with van der Waals surface area (Å²) in [5.74, 6) is -0.384. The monoisotopic (exact) mass is 372 g/mol. The van der Waals surface area contributed by atoms with Gasteiger partial charge in [-0.3, -0.25) is 9.59 Å². The van der Waals surface area contributed by atoms with Gasteiger partial charge in [0, 0.05) is 15.3 Å². The average Bonchev–Trinajstić information content (AvgIpc) is 2.90. The van der Waals surface area contributed by atoms with E-state index >= 15 is 0 Å².